The van der Waals surface area contributed by atoms with E-state index in [1.54, 1.807) is 11.8 Å². The SMILES string of the molecule is C=C/C(=C\N=C(CC)N1CCN(C(=O)C2CN(C3CCc4c3n[nH]c(=O)c4C(F)(F)F)CS2)CC1)C(F)(F)F. The number of hydrogen-bond acceptors (Lipinski definition) is 6. The molecule has 1 aromatic rings. The molecule has 0 bridgehead atoms. The number of H-pyrrole nitrogens is 1. The van der Waals surface area contributed by atoms with Gasteiger partial charge in [-0.05, 0) is 18.4 Å². The number of aromatic amines is 1. The van der Waals surface area contributed by atoms with E-state index < -0.39 is 40.3 Å². The molecule has 2 unspecified atom stereocenters. The van der Waals surface area contributed by atoms with Gasteiger partial charge < -0.3 is 9.80 Å². The maximum atomic E-state index is 13.4. The summed E-state index contributed by atoms with van der Waals surface area (Å²) in [7, 11) is 0. The lowest BCUT2D eigenvalue weighted by atomic mass is 10.1. The maximum Gasteiger partial charge on any atom is 0.422 e. The Morgan fingerprint density at radius 3 is 2.44 bits per heavy atom. The molecule has 0 radical (unpaired) electrons. The quantitative estimate of drug-likeness (QED) is 0.248. The van der Waals surface area contributed by atoms with Crippen LogP contribution in [0.3, 0.4) is 0 Å². The van der Waals surface area contributed by atoms with Crippen molar-refractivity contribution in [3.05, 3.63) is 51.6 Å². The molecule has 2 atom stereocenters. The maximum absolute atomic E-state index is 13.4. The van der Waals surface area contributed by atoms with Gasteiger partial charge in [0, 0.05) is 51.2 Å². The van der Waals surface area contributed by atoms with Gasteiger partial charge in [-0.25, -0.2) is 10.1 Å². The summed E-state index contributed by atoms with van der Waals surface area (Å²) in [6.07, 6.45) is -6.98. The van der Waals surface area contributed by atoms with E-state index in [2.05, 4.69) is 16.7 Å². The molecule has 0 saturated carbocycles. The van der Waals surface area contributed by atoms with E-state index in [0.717, 1.165) is 6.20 Å². The summed E-state index contributed by atoms with van der Waals surface area (Å²) < 4.78 is 79.2. The smallest absolute Gasteiger partial charge is 0.357 e. The minimum Gasteiger partial charge on any atom is -0.357 e. The molecule has 4 rings (SSSR count). The summed E-state index contributed by atoms with van der Waals surface area (Å²) in [5.41, 5.74) is -3.26. The molecule has 2 aliphatic heterocycles. The van der Waals surface area contributed by atoms with Crippen molar-refractivity contribution in [2.24, 2.45) is 4.99 Å². The zero-order valence-corrected chi connectivity index (χ0v) is 21.9. The first-order valence-electron chi connectivity index (χ1n) is 12.4. The first-order chi connectivity index (χ1) is 18.3. The molecule has 0 spiro atoms. The molecule has 1 N–H and O–H groups in total. The molecular formula is C24H28F6N6O2S. The van der Waals surface area contributed by atoms with Crippen LogP contribution in [-0.2, 0) is 17.4 Å². The Labute approximate surface area is 224 Å². The average Bonchev–Trinajstić information content (AvgIpc) is 3.52. The minimum atomic E-state index is -4.78. The van der Waals surface area contributed by atoms with E-state index in [-0.39, 0.29) is 23.6 Å². The number of amides is 1. The normalized spacial score (nSPS) is 23.4. The van der Waals surface area contributed by atoms with Gasteiger partial charge in [0.15, 0.2) is 0 Å². The largest absolute Gasteiger partial charge is 0.422 e. The lowest BCUT2D eigenvalue weighted by molar-refractivity contribution is -0.139. The van der Waals surface area contributed by atoms with Crippen LogP contribution in [-0.4, -0.2) is 86.7 Å². The molecule has 0 aromatic carbocycles. The van der Waals surface area contributed by atoms with Crippen LogP contribution < -0.4 is 5.56 Å². The number of halogens is 6. The van der Waals surface area contributed by atoms with Gasteiger partial charge in [-0.3, -0.25) is 14.5 Å². The summed E-state index contributed by atoms with van der Waals surface area (Å²) in [5.74, 6) is 0.828. The second kappa shape index (κ2) is 11.4. The summed E-state index contributed by atoms with van der Waals surface area (Å²) in [4.78, 5) is 34.5. The van der Waals surface area contributed by atoms with Crippen LogP contribution in [0.25, 0.3) is 0 Å². The summed E-state index contributed by atoms with van der Waals surface area (Å²) >= 11 is 1.41. The van der Waals surface area contributed by atoms with Gasteiger partial charge in [0.05, 0.1) is 22.6 Å². The number of alkyl halides is 6. The molecule has 2 saturated heterocycles. The van der Waals surface area contributed by atoms with E-state index in [0.29, 0.717) is 63.4 Å². The Morgan fingerprint density at radius 2 is 1.85 bits per heavy atom. The number of amidine groups is 1. The Morgan fingerprint density at radius 1 is 1.18 bits per heavy atom. The van der Waals surface area contributed by atoms with Crippen LogP contribution in [0, 0.1) is 0 Å². The van der Waals surface area contributed by atoms with Gasteiger partial charge in [0.1, 0.15) is 11.4 Å². The highest BCUT2D eigenvalue weighted by Gasteiger charge is 2.44. The summed E-state index contributed by atoms with van der Waals surface area (Å²) in [6, 6.07) is -0.423. The van der Waals surface area contributed by atoms with Crippen molar-refractivity contribution in [3.8, 4) is 0 Å². The molecule has 2 fully saturated rings. The van der Waals surface area contributed by atoms with Gasteiger partial charge in [0.25, 0.3) is 5.56 Å². The fourth-order valence-electron chi connectivity index (χ4n) is 5.14. The molecular weight excluding hydrogens is 550 g/mol. The number of rotatable bonds is 5. The van der Waals surface area contributed by atoms with E-state index in [1.807, 2.05) is 14.9 Å². The Bertz CT molecular complexity index is 1220. The number of carbonyl (C=O) groups excluding carboxylic acids is 1. The third-order valence-corrected chi connectivity index (χ3v) is 8.35. The third-order valence-electron chi connectivity index (χ3n) is 7.11. The van der Waals surface area contributed by atoms with Gasteiger partial charge in [-0.1, -0.05) is 19.6 Å². The van der Waals surface area contributed by atoms with Crippen LogP contribution in [0.2, 0.25) is 0 Å². The second-order valence-corrected chi connectivity index (χ2v) is 10.6. The number of piperazine rings is 1. The van der Waals surface area contributed by atoms with Crippen LogP contribution >= 0.6 is 11.8 Å². The Hall–Kier alpha value is -2.81. The van der Waals surface area contributed by atoms with E-state index >= 15 is 0 Å². The highest BCUT2D eigenvalue weighted by molar-refractivity contribution is 8.00. The number of thioether (sulfide) groups is 1. The minimum absolute atomic E-state index is 0.0779. The van der Waals surface area contributed by atoms with Crippen molar-refractivity contribution in [2.75, 3.05) is 38.6 Å². The first-order valence-corrected chi connectivity index (χ1v) is 13.4. The van der Waals surface area contributed by atoms with Crippen LogP contribution in [0.5, 0.6) is 0 Å². The highest BCUT2D eigenvalue weighted by atomic mass is 32.2. The fourth-order valence-corrected chi connectivity index (χ4v) is 6.39. The number of nitrogens with zero attached hydrogens (tertiary/aromatic N) is 5. The molecule has 214 valence electrons. The monoisotopic (exact) mass is 578 g/mol. The predicted octanol–water partition coefficient (Wildman–Crippen LogP) is 3.74. The number of hydrogen-bond donors (Lipinski definition) is 1. The lowest BCUT2D eigenvalue weighted by Gasteiger charge is -2.37. The van der Waals surface area contributed by atoms with E-state index in [9.17, 15) is 35.9 Å². The van der Waals surface area contributed by atoms with Crippen molar-refractivity contribution < 1.29 is 31.1 Å². The molecule has 1 aliphatic carbocycles. The topological polar surface area (TPSA) is 84.9 Å². The molecule has 39 heavy (non-hydrogen) atoms. The molecule has 8 nitrogen and oxygen atoms in total. The van der Waals surface area contributed by atoms with Crippen LogP contribution in [0.1, 0.15) is 42.6 Å². The van der Waals surface area contributed by atoms with Crippen molar-refractivity contribution >= 4 is 23.5 Å². The Balaban J connectivity index is 1.37. The van der Waals surface area contributed by atoms with Gasteiger partial charge in [-0.2, -0.15) is 31.4 Å². The molecule has 3 heterocycles. The zero-order chi connectivity index (χ0) is 28.5. The Kier molecular flexibility index (Phi) is 8.50. The van der Waals surface area contributed by atoms with Crippen molar-refractivity contribution in [1.29, 1.82) is 0 Å². The molecule has 1 aromatic heterocycles. The third kappa shape index (κ3) is 6.18. The zero-order valence-electron chi connectivity index (χ0n) is 21.1. The first kappa shape index (κ1) is 29.2. The number of nitrogens with one attached hydrogen (secondary N) is 1. The molecule has 15 heteroatoms. The van der Waals surface area contributed by atoms with Gasteiger partial charge in [-0.15, -0.1) is 11.8 Å². The highest BCUT2D eigenvalue weighted by Crippen LogP contribution is 2.42. The molecule has 3 aliphatic rings. The van der Waals surface area contributed by atoms with Crippen molar-refractivity contribution in [1.82, 2.24) is 24.9 Å². The number of aliphatic imine (C=N–C) groups is 1. The van der Waals surface area contributed by atoms with Gasteiger partial charge >= 0.3 is 12.4 Å². The van der Waals surface area contributed by atoms with E-state index in [4.69, 9.17) is 0 Å². The number of aromatic nitrogens is 2. The van der Waals surface area contributed by atoms with Gasteiger partial charge in [0.2, 0.25) is 5.91 Å². The average molecular weight is 579 g/mol. The van der Waals surface area contributed by atoms with Crippen molar-refractivity contribution in [2.45, 2.75) is 49.8 Å². The lowest BCUT2D eigenvalue weighted by Crippen LogP contribution is -2.52. The number of allylic oxidation sites excluding steroid dienone is 2. The standard InChI is InChI=1S/C24H28F6N6O2S/c1-3-14(23(25,26)27)11-31-18(4-2)34-7-9-35(10-8-34)22(38)17-12-36(13-39-17)16-6-5-15-19(24(28,29)30)21(37)33-32-20(15)16/h3,11,16-17H,1,4-10,12-13H2,2H3,(H,33,37)/b14-11+,31-18?. The summed E-state index contributed by atoms with van der Waals surface area (Å²) in [6.45, 7) is 6.88. The van der Waals surface area contributed by atoms with Crippen LogP contribution in [0.15, 0.2) is 34.2 Å². The molecule has 1 amide bonds. The number of carbonyl (C=O) groups is 1. The fraction of sp³-hybridized carbons (Fsp3) is 0.583. The van der Waals surface area contributed by atoms with Crippen LogP contribution in [0.4, 0.5) is 26.3 Å². The summed E-state index contributed by atoms with van der Waals surface area (Å²) in [5, 5.41) is 5.49. The van der Waals surface area contributed by atoms with E-state index in [1.165, 1.54) is 11.8 Å². The van der Waals surface area contributed by atoms with Crippen molar-refractivity contribution in [3.63, 3.8) is 0 Å². The second-order valence-electron chi connectivity index (χ2n) is 9.40. The predicted molar refractivity (Wildman–Crippen MR) is 134 cm³/mol. The number of fused-ring (bicyclic) bond motifs is 1.